The van der Waals surface area contributed by atoms with Gasteiger partial charge in [-0.1, -0.05) is 0 Å². The minimum Gasteiger partial charge on any atom is -0.493 e. The number of nitriles is 1. The Hall–Kier alpha value is -1.60. The third-order valence-electron chi connectivity index (χ3n) is 2.40. The fourth-order valence-electron chi connectivity index (χ4n) is 1.49. The van der Waals surface area contributed by atoms with E-state index in [2.05, 4.69) is 6.07 Å². The van der Waals surface area contributed by atoms with E-state index in [4.69, 9.17) is 15.7 Å². The lowest BCUT2D eigenvalue weighted by atomic mass is 10.1. The van der Waals surface area contributed by atoms with E-state index in [1.54, 1.807) is 13.0 Å². The molecule has 92 valence electrons. The zero-order chi connectivity index (χ0) is 12.7. The van der Waals surface area contributed by atoms with Gasteiger partial charge in [0.15, 0.2) is 0 Å². The first-order valence-electron chi connectivity index (χ1n) is 5.70. The minimum atomic E-state index is -0.311. The van der Waals surface area contributed by atoms with Gasteiger partial charge in [0.1, 0.15) is 11.6 Å². The van der Waals surface area contributed by atoms with Crippen molar-refractivity contribution in [3.8, 4) is 11.8 Å². The molecule has 0 aromatic heterocycles. The molecule has 1 aromatic rings. The van der Waals surface area contributed by atoms with Crippen molar-refractivity contribution in [3.05, 3.63) is 29.6 Å². The highest BCUT2D eigenvalue weighted by molar-refractivity contribution is 5.36. The van der Waals surface area contributed by atoms with Gasteiger partial charge in [0, 0.05) is 18.0 Å². The van der Waals surface area contributed by atoms with Crippen LogP contribution in [0.1, 0.15) is 37.8 Å². The van der Waals surface area contributed by atoms with Crippen molar-refractivity contribution in [3.63, 3.8) is 0 Å². The molecule has 0 aliphatic rings. The van der Waals surface area contributed by atoms with Crippen molar-refractivity contribution in [2.24, 2.45) is 5.73 Å². The largest absolute Gasteiger partial charge is 0.493 e. The number of ether oxygens (including phenoxy) is 1. The van der Waals surface area contributed by atoms with Crippen LogP contribution in [0.25, 0.3) is 0 Å². The topological polar surface area (TPSA) is 59.0 Å². The molecular weight excluding hydrogens is 219 g/mol. The van der Waals surface area contributed by atoms with Crippen LogP contribution in [0.2, 0.25) is 0 Å². The predicted molar refractivity (Wildman–Crippen MR) is 64.0 cm³/mol. The van der Waals surface area contributed by atoms with E-state index in [1.165, 1.54) is 12.1 Å². The first-order valence-corrected chi connectivity index (χ1v) is 5.70. The molecule has 2 N–H and O–H groups in total. The summed E-state index contributed by atoms with van der Waals surface area (Å²) in [5, 5.41) is 8.38. The Morgan fingerprint density at radius 1 is 1.47 bits per heavy atom. The Bertz CT molecular complexity index is 399. The minimum absolute atomic E-state index is 0.264. The molecule has 0 saturated heterocycles. The highest BCUT2D eigenvalue weighted by atomic mass is 19.1. The van der Waals surface area contributed by atoms with E-state index >= 15 is 0 Å². The van der Waals surface area contributed by atoms with Crippen LogP contribution in [0.5, 0.6) is 5.75 Å². The maximum atomic E-state index is 13.0. The molecule has 0 spiro atoms. The molecule has 3 nitrogen and oxygen atoms in total. The lowest BCUT2D eigenvalue weighted by molar-refractivity contribution is 0.302. The van der Waals surface area contributed by atoms with Gasteiger partial charge in [-0.3, -0.25) is 0 Å². The van der Waals surface area contributed by atoms with Crippen LogP contribution in [-0.4, -0.2) is 6.61 Å². The van der Waals surface area contributed by atoms with Gasteiger partial charge in [-0.15, -0.1) is 0 Å². The van der Waals surface area contributed by atoms with Gasteiger partial charge in [0.05, 0.1) is 12.7 Å². The Morgan fingerprint density at radius 2 is 2.24 bits per heavy atom. The molecule has 0 aliphatic carbocycles. The molecule has 0 aliphatic heterocycles. The van der Waals surface area contributed by atoms with Crippen LogP contribution in [-0.2, 0) is 0 Å². The van der Waals surface area contributed by atoms with Gasteiger partial charge in [-0.2, -0.15) is 5.26 Å². The second kappa shape index (κ2) is 6.87. The lowest BCUT2D eigenvalue weighted by Gasteiger charge is -2.13. The van der Waals surface area contributed by atoms with E-state index < -0.39 is 0 Å². The smallest absolute Gasteiger partial charge is 0.124 e. The molecule has 0 radical (unpaired) electrons. The van der Waals surface area contributed by atoms with E-state index in [1.807, 2.05) is 0 Å². The fraction of sp³-hybridized carbons (Fsp3) is 0.462. The maximum absolute atomic E-state index is 13.0. The number of nitrogens with two attached hydrogens (primary N) is 1. The maximum Gasteiger partial charge on any atom is 0.124 e. The van der Waals surface area contributed by atoms with Gasteiger partial charge in [-0.25, -0.2) is 4.39 Å². The Morgan fingerprint density at radius 3 is 2.88 bits per heavy atom. The van der Waals surface area contributed by atoms with Crippen molar-refractivity contribution >= 4 is 0 Å². The molecule has 0 bridgehead atoms. The second-order valence-corrected chi connectivity index (χ2v) is 3.93. The molecular formula is C13H17FN2O. The summed E-state index contributed by atoms with van der Waals surface area (Å²) in [6, 6.07) is 6.17. The third kappa shape index (κ3) is 4.41. The average molecular weight is 236 g/mol. The van der Waals surface area contributed by atoms with Gasteiger partial charge in [0.2, 0.25) is 0 Å². The first kappa shape index (κ1) is 13.5. The van der Waals surface area contributed by atoms with Crippen molar-refractivity contribution < 1.29 is 9.13 Å². The van der Waals surface area contributed by atoms with Crippen LogP contribution in [0.15, 0.2) is 18.2 Å². The fourth-order valence-corrected chi connectivity index (χ4v) is 1.49. The summed E-state index contributed by atoms with van der Waals surface area (Å²) >= 11 is 0. The molecule has 0 unspecified atom stereocenters. The lowest BCUT2D eigenvalue weighted by Crippen LogP contribution is -2.09. The monoisotopic (exact) mass is 236 g/mol. The Kier molecular flexibility index (Phi) is 5.44. The number of hydrogen-bond donors (Lipinski definition) is 1. The van der Waals surface area contributed by atoms with Crippen LogP contribution < -0.4 is 10.5 Å². The molecule has 4 heteroatoms. The summed E-state index contributed by atoms with van der Waals surface area (Å²) in [7, 11) is 0. The molecule has 0 heterocycles. The van der Waals surface area contributed by atoms with Crippen molar-refractivity contribution in [2.75, 3.05) is 6.61 Å². The molecule has 1 rings (SSSR count). The van der Waals surface area contributed by atoms with E-state index in [0.29, 0.717) is 24.3 Å². The van der Waals surface area contributed by atoms with E-state index in [-0.39, 0.29) is 11.9 Å². The van der Waals surface area contributed by atoms with Crippen molar-refractivity contribution in [2.45, 2.75) is 32.2 Å². The van der Waals surface area contributed by atoms with Gasteiger partial charge in [-0.05, 0) is 38.0 Å². The van der Waals surface area contributed by atoms with Crippen molar-refractivity contribution in [1.29, 1.82) is 5.26 Å². The molecule has 0 fully saturated rings. The quantitative estimate of drug-likeness (QED) is 0.772. The average Bonchev–Trinajstić information content (AvgIpc) is 2.30. The SMILES string of the molecule is C[C@H](N)c1cc(F)ccc1OCCCCC#N. The highest BCUT2D eigenvalue weighted by Gasteiger charge is 2.09. The van der Waals surface area contributed by atoms with Gasteiger partial charge < -0.3 is 10.5 Å². The molecule has 0 amide bonds. The summed E-state index contributed by atoms with van der Waals surface area (Å²) in [5.41, 5.74) is 6.42. The summed E-state index contributed by atoms with van der Waals surface area (Å²) in [6.45, 7) is 2.31. The van der Waals surface area contributed by atoms with E-state index in [0.717, 1.165) is 12.8 Å². The number of benzene rings is 1. The molecule has 1 atom stereocenters. The summed E-state index contributed by atoms with van der Waals surface area (Å²) in [6.07, 6.45) is 2.15. The zero-order valence-corrected chi connectivity index (χ0v) is 9.95. The molecule has 1 aromatic carbocycles. The van der Waals surface area contributed by atoms with Crippen LogP contribution in [0.3, 0.4) is 0 Å². The van der Waals surface area contributed by atoms with E-state index in [9.17, 15) is 4.39 Å². The number of hydrogen-bond acceptors (Lipinski definition) is 3. The first-order chi connectivity index (χ1) is 8.15. The summed E-state index contributed by atoms with van der Waals surface area (Å²) in [5.74, 6) is 0.312. The van der Waals surface area contributed by atoms with Crippen LogP contribution >= 0.6 is 0 Å². The van der Waals surface area contributed by atoms with Gasteiger partial charge >= 0.3 is 0 Å². The normalized spacial score (nSPS) is 11.9. The Balaban J connectivity index is 2.55. The van der Waals surface area contributed by atoms with Crippen molar-refractivity contribution in [1.82, 2.24) is 0 Å². The number of halogens is 1. The second-order valence-electron chi connectivity index (χ2n) is 3.93. The molecule has 17 heavy (non-hydrogen) atoms. The van der Waals surface area contributed by atoms with Gasteiger partial charge in [0.25, 0.3) is 0 Å². The van der Waals surface area contributed by atoms with Crippen LogP contribution in [0.4, 0.5) is 4.39 Å². The predicted octanol–water partition coefficient (Wildman–Crippen LogP) is 2.92. The number of nitrogens with zero attached hydrogens (tertiary/aromatic N) is 1. The standard InChI is InChI=1S/C13H17FN2O/c1-10(16)12-9-11(14)5-6-13(12)17-8-4-2-3-7-15/h5-6,9-10H,2-4,8,16H2,1H3/t10-/m0/s1. The Labute approximate surface area is 101 Å². The highest BCUT2D eigenvalue weighted by Crippen LogP contribution is 2.24. The zero-order valence-electron chi connectivity index (χ0n) is 9.95. The summed E-state index contributed by atoms with van der Waals surface area (Å²) < 4.78 is 18.6. The number of unbranched alkanes of at least 4 members (excludes halogenated alkanes) is 2. The summed E-state index contributed by atoms with van der Waals surface area (Å²) in [4.78, 5) is 0. The molecule has 0 saturated carbocycles. The number of rotatable bonds is 6. The van der Waals surface area contributed by atoms with Crippen LogP contribution in [0, 0.1) is 17.1 Å². The third-order valence-corrected chi connectivity index (χ3v) is 2.40.